The largest absolute Gasteiger partial charge is 0.493 e. The van der Waals surface area contributed by atoms with Crippen molar-refractivity contribution in [2.24, 2.45) is 5.92 Å². The van der Waals surface area contributed by atoms with E-state index in [9.17, 15) is 9.18 Å². The van der Waals surface area contributed by atoms with Crippen LogP contribution in [0.2, 0.25) is 0 Å². The van der Waals surface area contributed by atoms with Crippen LogP contribution in [0.15, 0.2) is 93.9 Å². The number of hydrogen-bond acceptors (Lipinski definition) is 4. The highest BCUT2D eigenvalue weighted by molar-refractivity contribution is 5.85. The summed E-state index contributed by atoms with van der Waals surface area (Å²) in [6, 6.07) is 12.6. The number of nitriles is 1. The van der Waals surface area contributed by atoms with Gasteiger partial charge in [0.25, 0.3) is 0 Å². The van der Waals surface area contributed by atoms with Crippen LogP contribution in [0.4, 0.5) is 4.39 Å². The van der Waals surface area contributed by atoms with Gasteiger partial charge in [-0.2, -0.15) is 5.26 Å². The molecule has 1 aromatic heterocycles. The lowest BCUT2D eigenvalue weighted by Crippen LogP contribution is -2.08. The quantitative estimate of drug-likeness (QED) is 0.240. The minimum atomic E-state index is -0.521. The lowest BCUT2D eigenvalue weighted by Gasteiger charge is -2.13. The standard InChI is InChI=1S/C30H28FNO3/c1-5-7-26(34-17-16-20(3)4)22(6-2)12-14-28-29(23-10-8-21(19-32)9-11-23)30(33)25-18-24(31)13-15-27(25)35-28/h5-15,18,20H,1,16-17H2,2-4H3/b14-12+,22-6-,26-7+. The zero-order chi connectivity index (χ0) is 25.4. The predicted octanol–water partition coefficient (Wildman–Crippen LogP) is 7.56. The number of allylic oxidation sites excluding steroid dienone is 4. The molecule has 0 saturated heterocycles. The van der Waals surface area contributed by atoms with Gasteiger partial charge in [0.15, 0.2) is 0 Å². The van der Waals surface area contributed by atoms with Crippen LogP contribution in [0.3, 0.4) is 0 Å². The Labute approximate surface area is 205 Å². The molecular formula is C30H28FNO3. The fraction of sp³-hybridized carbons (Fsp3) is 0.200. The molecule has 2 aromatic carbocycles. The molecule has 0 amide bonds. The maximum atomic E-state index is 13.9. The molecule has 0 unspecified atom stereocenters. The Bertz CT molecular complexity index is 1400. The van der Waals surface area contributed by atoms with Crippen molar-refractivity contribution in [2.45, 2.75) is 27.2 Å². The molecule has 0 N–H and O–H groups in total. The number of fused-ring (bicyclic) bond motifs is 1. The van der Waals surface area contributed by atoms with Crippen molar-refractivity contribution in [3.63, 3.8) is 0 Å². The van der Waals surface area contributed by atoms with E-state index in [2.05, 4.69) is 26.5 Å². The van der Waals surface area contributed by atoms with Crippen LogP contribution < -0.4 is 5.43 Å². The molecule has 0 saturated carbocycles. The molecule has 4 nitrogen and oxygen atoms in total. The van der Waals surface area contributed by atoms with Crippen molar-refractivity contribution in [1.29, 1.82) is 5.26 Å². The van der Waals surface area contributed by atoms with Crippen LogP contribution in [-0.4, -0.2) is 6.61 Å². The maximum Gasteiger partial charge on any atom is 0.201 e. The molecule has 0 fully saturated rings. The predicted molar refractivity (Wildman–Crippen MR) is 139 cm³/mol. The first-order valence-electron chi connectivity index (χ1n) is 11.4. The zero-order valence-corrected chi connectivity index (χ0v) is 20.2. The van der Waals surface area contributed by atoms with Gasteiger partial charge in [-0.25, -0.2) is 4.39 Å². The van der Waals surface area contributed by atoms with Gasteiger partial charge in [-0.1, -0.05) is 44.7 Å². The van der Waals surface area contributed by atoms with E-state index in [1.807, 2.05) is 19.1 Å². The van der Waals surface area contributed by atoms with Crippen molar-refractivity contribution < 1.29 is 13.5 Å². The summed E-state index contributed by atoms with van der Waals surface area (Å²) in [5.74, 6) is 0.965. The van der Waals surface area contributed by atoms with E-state index in [-0.39, 0.29) is 22.0 Å². The van der Waals surface area contributed by atoms with Crippen molar-refractivity contribution in [3.05, 3.63) is 112 Å². The minimum absolute atomic E-state index is 0.150. The van der Waals surface area contributed by atoms with E-state index in [0.29, 0.717) is 35.2 Å². The lowest BCUT2D eigenvalue weighted by atomic mass is 10.00. The maximum absolute atomic E-state index is 13.9. The van der Waals surface area contributed by atoms with Crippen LogP contribution >= 0.6 is 0 Å². The number of halogens is 1. The Morgan fingerprint density at radius 2 is 1.97 bits per heavy atom. The number of hydrogen-bond donors (Lipinski definition) is 0. The summed E-state index contributed by atoms with van der Waals surface area (Å²) in [5.41, 5.74) is 2.05. The topological polar surface area (TPSA) is 63.2 Å². The van der Waals surface area contributed by atoms with Gasteiger partial charge in [0.1, 0.15) is 22.9 Å². The third-order valence-corrected chi connectivity index (χ3v) is 5.41. The van der Waals surface area contributed by atoms with Gasteiger partial charge in [-0.3, -0.25) is 4.79 Å². The Morgan fingerprint density at radius 1 is 1.23 bits per heavy atom. The van der Waals surface area contributed by atoms with Crippen LogP contribution in [-0.2, 0) is 4.74 Å². The number of ether oxygens (including phenoxy) is 1. The summed E-state index contributed by atoms with van der Waals surface area (Å²) in [4.78, 5) is 13.4. The van der Waals surface area contributed by atoms with Gasteiger partial charge < -0.3 is 9.15 Å². The second-order valence-electron chi connectivity index (χ2n) is 8.38. The SMILES string of the molecule is C=C\C=C(OCCC(C)C)/C(=C\C)/C=C/c1oc2ccc(F)cc2c(=O)c1-c1ccc(C#N)cc1. The molecular weight excluding hydrogens is 441 g/mol. The van der Waals surface area contributed by atoms with Gasteiger partial charge in [0.2, 0.25) is 5.43 Å². The first kappa shape index (κ1) is 25.5. The number of benzene rings is 2. The van der Waals surface area contributed by atoms with Crippen molar-refractivity contribution in [3.8, 4) is 17.2 Å². The number of rotatable bonds is 9. The summed E-state index contributed by atoms with van der Waals surface area (Å²) in [6.07, 6.45) is 9.78. The van der Waals surface area contributed by atoms with Crippen LogP contribution in [0, 0.1) is 23.1 Å². The van der Waals surface area contributed by atoms with Crippen LogP contribution in [0.5, 0.6) is 0 Å². The molecule has 3 aromatic rings. The summed E-state index contributed by atoms with van der Waals surface area (Å²) in [6.45, 7) is 10.5. The third kappa shape index (κ3) is 6.24. The second kappa shape index (κ2) is 11.8. The molecule has 0 aliphatic rings. The third-order valence-electron chi connectivity index (χ3n) is 5.41. The summed E-state index contributed by atoms with van der Waals surface area (Å²) >= 11 is 0. The van der Waals surface area contributed by atoms with E-state index in [0.717, 1.165) is 12.0 Å². The summed E-state index contributed by atoms with van der Waals surface area (Å²) in [7, 11) is 0. The van der Waals surface area contributed by atoms with Gasteiger partial charge in [-0.15, -0.1) is 0 Å². The molecule has 35 heavy (non-hydrogen) atoms. The molecule has 1 heterocycles. The Morgan fingerprint density at radius 3 is 2.60 bits per heavy atom. The molecule has 0 bridgehead atoms. The first-order valence-corrected chi connectivity index (χ1v) is 11.4. The fourth-order valence-electron chi connectivity index (χ4n) is 3.51. The Balaban J connectivity index is 2.11. The van der Waals surface area contributed by atoms with Crippen molar-refractivity contribution in [2.75, 3.05) is 6.61 Å². The summed E-state index contributed by atoms with van der Waals surface area (Å²) in [5, 5.41) is 9.28. The zero-order valence-electron chi connectivity index (χ0n) is 20.2. The molecule has 0 radical (unpaired) electrons. The molecule has 0 aliphatic carbocycles. The van der Waals surface area contributed by atoms with E-state index in [4.69, 9.17) is 14.4 Å². The first-order chi connectivity index (χ1) is 16.9. The van der Waals surface area contributed by atoms with E-state index in [1.165, 1.54) is 18.2 Å². The van der Waals surface area contributed by atoms with E-state index in [1.54, 1.807) is 42.5 Å². The minimum Gasteiger partial charge on any atom is -0.493 e. The second-order valence-corrected chi connectivity index (χ2v) is 8.38. The lowest BCUT2D eigenvalue weighted by molar-refractivity contribution is 0.204. The molecule has 0 aliphatic heterocycles. The molecule has 3 rings (SSSR count). The fourth-order valence-corrected chi connectivity index (χ4v) is 3.51. The molecule has 178 valence electrons. The summed E-state index contributed by atoms with van der Waals surface area (Å²) < 4.78 is 25.9. The van der Waals surface area contributed by atoms with Crippen LogP contribution in [0.1, 0.15) is 38.5 Å². The average Bonchev–Trinajstić information content (AvgIpc) is 2.85. The van der Waals surface area contributed by atoms with Gasteiger partial charge in [0.05, 0.1) is 29.2 Å². The monoisotopic (exact) mass is 469 g/mol. The molecule has 0 spiro atoms. The molecule has 5 heteroatoms. The van der Waals surface area contributed by atoms with Crippen molar-refractivity contribution in [1.82, 2.24) is 0 Å². The Kier molecular flexibility index (Phi) is 8.58. The normalized spacial score (nSPS) is 12.3. The van der Waals surface area contributed by atoms with E-state index >= 15 is 0 Å². The van der Waals surface area contributed by atoms with Gasteiger partial charge in [-0.05, 0) is 73.4 Å². The van der Waals surface area contributed by atoms with Crippen LogP contribution in [0.25, 0.3) is 28.2 Å². The average molecular weight is 470 g/mol. The number of nitrogens with zero attached hydrogens (tertiary/aromatic N) is 1. The van der Waals surface area contributed by atoms with Gasteiger partial charge in [0, 0.05) is 5.57 Å². The highest BCUT2D eigenvalue weighted by Gasteiger charge is 2.16. The van der Waals surface area contributed by atoms with E-state index < -0.39 is 5.82 Å². The smallest absolute Gasteiger partial charge is 0.201 e. The highest BCUT2D eigenvalue weighted by atomic mass is 19.1. The van der Waals surface area contributed by atoms with Crippen molar-refractivity contribution >= 4 is 17.0 Å². The van der Waals surface area contributed by atoms with Gasteiger partial charge >= 0.3 is 0 Å². The Hall–Kier alpha value is -4.17. The molecule has 0 atom stereocenters. The highest BCUT2D eigenvalue weighted by Crippen LogP contribution is 2.27.